The van der Waals surface area contributed by atoms with Crippen molar-refractivity contribution in [3.63, 3.8) is 0 Å². The minimum Gasteiger partial charge on any atom is -0.339 e. The number of hydrogen-bond acceptors (Lipinski definition) is 4. The van der Waals surface area contributed by atoms with Crippen molar-refractivity contribution in [3.8, 4) is 0 Å². The van der Waals surface area contributed by atoms with Gasteiger partial charge in [0.15, 0.2) is 0 Å². The number of piperazine rings is 1. The van der Waals surface area contributed by atoms with Gasteiger partial charge in [0.05, 0.1) is 6.42 Å². The van der Waals surface area contributed by atoms with Crippen molar-refractivity contribution < 1.29 is 9.59 Å². The SMILES string of the molecule is O=C(Cc1cccs1)N1CCN(C(=O)c2ccncc2)CC1. The lowest BCUT2D eigenvalue weighted by Crippen LogP contribution is -2.50. The highest BCUT2D eigenvalue weighted by atomic mass is 32.1. The number of nitrogens with zero attached hydrogens (tertiary/aromatic N) is 3. The summed E-state index contributed by atoms with van der Waals surface area (Å²) in [6, 6.07) is 7.37. The second-order valence-corrected chi connectivity index (χ2v) is 6.20. The van der Waals surface area contributed by atoms with Gasteiger partial charge in [-0.05, 0) is 23.6 Å². The molecule has 0 saturated carbocycles. The van der Waals surface area contributed by atoms with Crippen molar-refractivity contribution in [2.24, 2.45) is 0 Å². The molecule has 1 aliphatic heterocycles. The molecular formula is C16H17N3O2S. The minimum atomic E-state index is 0.00718. The first-order chi connectivity index (χ1) is 10.7. The Balaban J connectivity index is 1.54. The first kappa shape index (κ1) is 14.7. The number of carbonyl (C=O) groups is 2. The van der Waals surface area contributed by atoms with E-state index >= 15 is 0 Å². The van der Waals surface area contributed by atoms with Crippen LogP contribution in [0, 0.1) is 0 Å². The topological polar surface area (TPSA) is 53.5 Å². The van der Waals surface area contributed by atoms with E-state index in [4.69, 9.17) is 0 Å². The highest BCUT2D eigenvalue weighted by Gasteiger charge is 2.24. The van der Waals surface area contributed by atoms with Crippen LogP contribution in [0.25, 0.3) is 0 Å². The molecule has 1 saturated heterocycles. The quantitative estimate of drug-likeness (QED) is 0.866. The second kappa shape index (κ2) is 6.70. The average Bonchev–Trinajstić information content (AvgIpc) is 3.08. The number of thiophene rings is 1. The standard InChI is InChI=1S/C16H17N3O2S/c20-15(12-14-2-1-11-22-14)18-7-9-19(10-8-18)16(21)13-3-5-17-6-4-13/h1-6,11H,7-10,12H2. The lowest BCUT2D eigenvalue weighted by Gasteiger charge is -2.34. The Kier molecular flexibility index (Phi) is 4.48. The molecule has 5 nitrogen and oxygen atoms in total. The molecule has 114 valence electrons. The molecule has 3 heterocycles. The summed E-state index contributed by atoms with van der Waals surface area (Å²) >= 11 is 1.60. The van der Waals surface area contributed by atoms with Crippen LogP contribution in [0.3, 0.4) is 0 Å². The fourth-order valence-corrected chi connectivity index (χ4v) is 3.21. The van der Waals surface area contributed by atoms with Crippen molar-refractivity contribution in [2.75, 3.05) is 26.2 Å². The number of hydrogen-bond donors (Lipinski definition) is 0. The normalized spacial score (nSPS) is 14.9. The molecule has 0 atom stereocenters. The Bertz CT molecular complexity index is 635. The van der Waals surface area contributed by atoms with Gasteiger partial charge in [0.25, 0.3) is 5.91 Å². The summed E-state index contributed by atoms with van der Waals surface area (Å²) in [6.07, 6.45) is 3.69. The highest BCUT2D eigenvalue weighted by Crippen LogP contribution is 2.13. The molecule has 1 aliphatic rings. The van der Waals surface area contributed by atoms with Crippen LogP contribution >= 0.6 is 11.3 Å². The van der Waals surface area contributed by atoms with E-state index in [9.17, 15) is 9.59 Å². The summed E-state index contributed by atoms with van der Waals surface area (Å²) < 4.78 is 0. The van der Waals surface area contributed by atoms with Gasteiger partial charge < -0.3 is 9.80 Å². The zero-order valence-electron chi connectivity index (χ0n) is 12.1. The summed E-state index contributed by atoms with van der Waals surface area (Å²) in [5, 5.41) is 1.98. The van der Waals surface area contributed by atoms with Crippen LogP contribution in [-0.2, 0) is 11.2 Å². The number of amides is 2. The summed E-state index contributed by atoms with van der Waals surface area (Å²) in [5.74, 6) is 0.145. The van der Waals surface area contributed by atoms with Gasteiger partial charge in [0.2, 0.25) is 5.91 Å². The first-order valence-corrected chi connectivity index (χ1v) is 8.11. The zero-order chi connectivity index (χ0) is 15.4. The van der Waals surface area contributed by atoms with Gasteiger partial charge in [-0.15, -0.1) is 11.3 Å². The third-order valence-corrected chi connectivity index (χ3v) is 4.63. The fraction of sp³-hybridized carbons (Fsp3) is 0.312. The third-order valence-electron chi connectivity index (χ3n) is 3.75. The Labute approximate surface area is 133 Å². The second-order valence-electron chi connectivity index (χ2n) is 5.17. The molecule has 6 heteroatoms. The smallest absolute Gasteiger partial charge is 0.254 e. The number of carbonyl (C=O) groups excluding carboxylic acids is 2. The van der Waals surface area contributed by atoms with Gasteiger partial charge in [-0.1, -0.05) is 6.07 Å². The van der Waals surface area contributed by atoms with Gasteiger partial charge in [-0.3, -0.25) is 14.6 Å². The third kappa shape index (κ3) is 3.33. The molecule has 2 aromatic rings. The average molecular weight is 315 g/mol. The number of aromatic nitrogens is 1. The monoisotopic (exact) mass is 315 g/mol. The van der Waals surface area contributed by atoms with Crippen molar-refractivity contribution in [3.05, 3.63) is 52.5 Å². The predicted octanol–water partition coefficient (Wildman–Crippen LogP) is 1.67. The van der Waals surface area contributed by atoms with Gasteiger partial charge in [-0.25, -0.2) is 0 Å². The van der Waals surface area contributed by atoms with E-state index in [0.717, 1.165) is 4.88 Å². The largest absolute Gasteiger partial charge is 0.339 e. The number of pyridine rings is 1. The molecule has 1 fully saturated rings. The van der Waals surface area contributed by atoms with E-state index in [1.54, 1.807) is 40.8 Å². The maximum Gasteiger partial charge on any atom is 0.254 e. The summed E-state index contributed by atoms with van der Waals surface area (Å²) in [5.41, 5.74) is 0.647. The molecule has 22 heavy (non-hydrogen) atoms. The molecule has 0 aliphatic carbocycles. The molecule has 2 amide bonds. The number of rotatable bonds is 3. The van der Waals surface area contributed by atoms with E-state index < -0.39 is 0 Å². The predicted molar refractivity (Wildman–Crippen MR) is 84.7 cm³/mol. The van der Waals surface area contributed by atoms with Crippen LogP contribution in [0.5, 0.6) is 0 Å². The van der Waals surface area contributed by atoms with Crippen molar-refractivity contribution >= 4 is 23.2 Å². The molecule has 0 radical (unpaired) electrons. The van der Waals surface area contributed by atoms with Crippen molar-refractivity contribution in [2.45, 2.75) is 6.42 Å². The van der Waals surface area contributed by atoms with Gasteiger partial charge in [-0.2, -0.15) is 0 Å². The molecule has 0 spiro atoms. The van der Waals surface area contributed by atoms with E-state index in [0.29, 0.717) is 38.2 Å². The molecule has 3 rings (SSSR count). The Morgan fingerprint density at radius 2 is 1.73 bits per heavy atom. The van der Waals surface area contributed by atoms with E-state index in [-0.39, 0.29) is 11.8 Å². The van der Waals surface area contributed by atoms with Crippen LogP contribution in [0.15, 0.2) is 42.0 Å². The maximum absolute atomic E-state index is 12.3. The molecule has 0 bridgehead atoms. The van der Waals surface area contributed by atoms with Crippen LogP contribution in [0.1, 0.15) is 15.2 Å². The minimum absolute atomic E-state index is 0.00718. The van der Waals surface area contributed by atoms with Crippen LogP contribution in [0.4, 0.5) is 0 Å². The zero-order valence-corrected chi connectivity index (χ0v) is 13.0. The van der Waals surface area contributed by atoms with Gasteiger partial charge >= 0.3 is 0 Å². The molecule has 0 aromatic carbocycles. The first-order valence-electron chi connectivity index (χ1n) is 7.23. The van der Waals surface area contributed by atoms with Gasteiger partial charge in [0.1, 0.15) is 0 Å². The van der Waals surface area contributed by atoms with Crippen molar-refractivity contribution in [1.82, 2.24) is 14.8 Å². The molecule has 0 unspecified atom stereocenters. The molecule has 0 N–H and O–H groups in total. The van der Waals surface area contributed by atoms with E-state index in [2.05, 4.69) is 4.98 Å². The van der Waals surface area contributed by atoms with Crippen LogP contribution in [0.2, 0.25) is 0 Å². The Hall–Kier alpha value is -2.21. The highest BCUT2D eigenvalue weighted by molar-refractivity contribution is 7.10. The van der Waals surface area contributed by atoms with E-state index in [1.165, 1.54) is 0 Å². The van der Waals surface area contributed by atoms with Crippen LogP contribution < -0.4 is 0 Å². The summed E-state index contributed by atoms with van der Waals surface area (Å²) in [7, 11) is 0. The maximum atomic E-state index is 12.3. The lowest BCUT2D eigenvalue weighted by atomic mass is 10.2. The fourth-order valence-electron chi connectivity index (χ4n) is 2.51. The molecular weight excluding hydrogens is 298 g/mol. The van der Waals surface area contributed by atoms with Gasteiger partial charge in [0, 0.05) is 49.0 Å². The van der Waals surface area contributed by atoms with E-state index in [1.807, 2.05) is 22.4 Å². The summed E-state index contributed by atoms with van der Waals surface area (Å²) in [4.78, 5) is 33.2. The van der Waals surface area contributed by atoms with Crippen LogP contribution in [-0.4, -0.2) is 52.8 Å². The lowest BCUT2D eigenvalue weighted by molar-refractivity contribution is -0.131. The Morgan fingerprint density at radius 1 is 1.05 bits per heavy atom. The molecule has 2 aromatic heterocycles. The Morgan fingerprint density at radius 3 is 2.36 bits per heavy atom. The summed E-state index contributed by atoms with van der Waals surface area (Å²) in [6.45, 7) is 2.36. The van der Waals surface area contributed by atoms with Crippen molar-refractivity contribution in [1.29, 1.82) is 0 Å².